The van der Waals surface area contributed by atoms with Gasteiger partial charge in [0.05, 0.1) is 0 Å². The summed E-state index contributed by atoms with van der Waals surface area (Å²) in [5.74, 6) is -0.375. The molecular formula is C11H18F3N. The fourth-order valence-electron chi connectivity index (χ4n) is 2.00. The van der Waals surface area contributed by atoms with Crippen LogP contribution in [0.1, 0.15) is 26.7 Å². The molecule has 88 valence electrons. The van der Waals surface area contributed by atoms with Crippen LogP contribution in [-0.4, -0.2) is 30.2 Å². The number of hydrogen-bond acceptors (Lipinski definition) is 1. The maximum Gasteiger partial charge on any atom is 0.412 e. The lowest BCUT2D eigenvalue weighted by Crippen LogP contribution is -2.39. The predicted molar refractivity (Wildman–Crippen MR) is 54.6 cm³/mol. The molecule has 1 aliphatic heterocycles. The molecule has 0 atom stereocenters. The van der Waals surface area contributed by atoms with Crippen molar-refractivity contribution in [2.45, 2.75) is 38.9 Å². The molecule has 0 radical (unpaired) electrons. The first kappa shape index (κ1) is 12.6. The van der Waals surface area contributed by atoms with Gasteiger partial charge in [0.2, 0.25) is 0 Å². The van der Waals surface area contributed by atoms with Crippen LogP contribution < -0.4 is 0 Å². The van der Waals surface area contributed by atoms with Gasteiger partial charge in [-0.1, -0.05) is 6.58 Å². The summed E-state index contributed by atoms with van der Waals surface area (Å²) >= 11 is 0. The smallest absolute Gasteiger partial charge is 0.301 e. The third-order valence-corrected chi connectivity index (χ3v) is 3.12. The molecule has 0 aromatic heterocycles. The molecular weight excluding hydrogens is 203 g/mol. The summed E-state index contributed by atoms with van der Waals surface area (Å²) in [7, 11) is 0. The van der Waals surface area contributed by atoms with Gasteiger partial charge in [-0.15, -0.1) is 0 Å². The van der Waals surface area contributed by atoms with Gasteiger partial charge in [0, 0.05) is 11.6 Å². The van der Waals surface area contributed by atoms with Gasteiger partial charge in [-0.25, -0.2) is 0 Å². The van der Waals surface area contributed by atoms with Crippen LogP contribution in [0.15, 0.2) is 12.2 Å². The number of nitrogens with zero attached hydrogens (tertiary/aromatic N) is 1. The monoisotopic (exact) mass is 221 g/mol. The Morgan fingerprint density at radius 2 is 1.73 bits per heavy atom. The van der Waals surface area contributed by atoms with E-state index in [-0.39, 0.29) is 5.92 Å². The Morgan fingerprint density at radius 1 is 1.27 bits per heavy atom. The molecule has 4 heteroatoms. The molecule has 1 aliphatic rings. The topological polar surface area (TPSA) is 3.24 Å². The molecule has 0 unspecified atom stereocenters. The zero-order valence-corrected chi connectivity index (χ0v) is 9.27. The first-order valence-corrected chi connectivity index (χ1v) is 5.32. The molecule has 1 heterocycles. The zero-order chi connectivity index (χ0) is 11.6. The SMILES string of the molecule is C=C(C1CCN(C(C)C)CC1)C(F)(F)F. The van der Waals surface area contributed by atoms with E-state index >= 15 is 0 Å². The molecule has 0 N–H and O–H groups in total. The Kier molecular flexibility index (Phi) is 3.82. The third-order valence-electron chi connectivity index (χ3n) is 3.12. The Labute approximate surface area is 88.9 Å². The normalized spacial score (nSPS) is 20.9. The standard InChI is InChI=1S/C11H18F3N/c1-8(2)15-6-4-10(5-7-15)9(3)11(12,13)14/h8,10H,3-7H2,1-2H3. The summed E-state index contributed by atoms with van der Waals surface area (Å²) in [5, 5.41) is 0. The highest BCUT2D eigenvalue weighted by Gasteiger charge is 2.38. The molecule has 15 heavy (non-hydrogen) atoms. The van der Waals surface area contributed by atoms with Crippen molar-refractivity contribution in [2.24, 2.45) is 5.92 Å². The van der Waals surface area contributed by atoms with Crippen molar-refractivity contribution in [2.75, 3.05) is 13.1 Å². The Hall–Kier alpha value is -0.510. The van der Waals surface area contributed by atoms with E-state index in [2.05, 4.69) is 25.3 Å². The van der Waals surface area contributed by atoms with E-state index in [4.69, 9.17) is 0 Å². The fourth-order valence-corrected chi connectivity index (χ4v) is 2.00. The first-order chi connectivity index (χ1) is 6.82. The van der Waals surface area contributed by atoms with E-state index in [0.717, 1.165) is 13.1 Å². The number of allylic oxidation sites excluding steroid dienone is 1. The van der Waals surface area contributed by atoms with Gasteiger partial charge in [-0.05, 0) is 45.7 Å². The van der Waals surface area contributed by atoms with E-state index in [9.17, 15) is 13.2 Å². The highest BCUT2D eigenvalue weighted by atomic mass is 19.4. The van der Waals surface area contributed by atoms with Crippen LogP contribution in [0.2, 0.25) is 0 Å². The van der Waals surface area contributed by atoms with Gasteiger partial charge in [0.25, 0.3) is 0 Å². The van der Waals surface area contributed by atoms with Crippen molar-refractivity contribution in [1.29, 1.82) is 0 Å². The van der Waals surface area contributed by atoms with Crippen molar-refractivity contribution in [1.82, 2.24) is 4.90 Å². The summed E-state index contributed by atoms with van der Waals surface area (Å²) in [6.07, 6.45) is -3.06. The lowest BCUT2D eigenvalue weighted by Gasteiger charge is -2.35. The van der Waals surface area contributed by atoms with E-state index in [1.807, 2.05) is 0 Å². The maximum atomic E-state index is 12.4. The van der Waals surface area contributed by atoms with Gasteiger partial charge in [0.1, 0.15) is 0 Å². The van der Waals surface area contributed by atoms with Crippen LogP contribution in [0.3, 0.4) is 0 Å². The van der Waals surface area contributed by atoms with Crippen molar-refractivity contribution < 1.29 is 13.2 Å². The number of piperidine rings is 1. The minimum Gasteiger partial charge on any atom is -0.301 e. The quantitative estimate of drug-likeness (QED) is 0.647. The number of halogens is 3. The van der Waals surface area contributed by atoms with Gasteiger partial charge >= 0.3 is 6.18 Å². The predicted octanol–water partition coefficient (Wildman–Crippen LogP) is 3.23. The molecule has 1 saturated heterocycles. The van der Waals surface area contributed by atoms with Gasteiger partial charge in [0.15, 0.2) is 0 Å². The summed E-state index contributed by atoms with van der Waals surface area (Å²) in [6.45, 7) is 8.81. The lowest BCUT2D eigenvalue weighted by atomic mass is 9.89. The summed E-state index contributed by atoms with van der Waals surface area (Å²) < 4.78 is 37.1. The van der Waals surface area contributed by atoms with Crippen molar-refractivity contribution >= 4 is 0 Å². The molecule has 1 nitrogen and oxygen atoms in total. The lowest BCUT2D eigenvalue weighted by molar-refractivity contribution is -0.101. The third kappa shape index (κ3) is 3.23. The average Bonchev–Trinajstić information content (AvgIpc) is 2.15. The molecule has 0 aromatic rings. The maximum absolute atomic E-state index is 12.4. The van der Waals surface area contributed by atoms with Crippen LogP contribution in [0.4, 0.5) is 13.2 Å². The van der Waals surface area contributed by atoms with Crippen molar-refractivity contribution in [3.63, 3.8) is 0 Å². The van der Waals surface area contributed by atoms with Gasteiger partial charge in [-0.3, -0.25) is 0 Å². The second kappa shape index (κ2) is 4.56. The molecule has 0 saturated carbocycles. The second-order valence-electron chi connectivity index (χ2n) is 4.43. The highest BCUT2D eigenvalue weighted by Crippen LogP contribution is 2.35. The number of alkyl halides is 3. The highest BCUT2D eigenvalue weighted by molar-refractivity contribution is 5.09. The van der Waals surface area contributed by atoms with Crippen LogP contribution in [0, 0.1) is 5.92 Å². The van der Waals surface area contributed by atoms with E-state index < -0.39 is 11.7 Å². The van der Waals surface area contributed by atoms with Crippen LogP contribution in [-0.2, 0) is 0 Å². The minimum atomic E-state index is -4.22. The largest absolute Gasteiger partial charge is 0.412 e. The van der Waals surface area contributed by atoms with Gasteiger partial charge < -0.3 is 4.90 Å². The van der Waals surface area contributed by atoms with Crippen molar-refractivity contribution in [3.05, 3.63) is 12.2 Å². The Balaban J connectivity index is 2.48. The Morgan fingerprint density at radius 3 is 2.07 bits per heavy atom. The second-order valence-corrected chi connectivity index (χ2v) is 4.43. The molecule has 0 aromatic carbocycles. The molecule has 0 bridgehead atoms. The number of likely N-dealkylation sites (tertiary alicyclic amines) is 1. The van der Waals surface area contributed by atoms with Crippen LogP contribution in [0.25, 0.3) is 0 Å². The Bertz CT molecular complexity index is 224. The van der Waals surface area contributed by atoms with Crippen LogP contribution in [0.5, 0.6) is 0 Å². The van der Waals surface area contributed by atoms with E-state index in [1.165, 1.54) is 0 Å². The average molecular weight is 221 g/mol. The first-order valence-electron chi connectivity index (χ1n) is 5.32. The number of hydrogen-bond donors (Lipinski definition) is 0. The molecule has 0 aliphatic carbocycles. The van der Waals surface area contributed by atoms with Crippen LogP contribution >= 0.6 is 0 Å². The molecule has 0 amide bonds. The fraction of sp³-hybridized carbons (Fsp3) is 0.818. The summed E-state index contributed by atoms with van der Waals surface area (Å²) in [6, 6.07) is 0.421. The van der Waals surface area contributed by atoms with E-state index in [0.29, 0.717) is 18.9 Å². The minimum absolute atomic E-state index is 0.375. The zero-order valence-electron chi connectivity index (χ0n) is 9.27. The van der Waals surface area contributed by atoms with E-state index in [1.54, 1.807) is 0 Å². The summed E-state index contributed by atoms with van der Waals surface area (Å²) in [5.41, 5.74) is -0.550. The molecule has 1 fully saturated rings. The van der Waals surface area contributed by atoms with Crippen molar-refractivity contribution in [3.8, 4) is 0 Å². The number of rotatable bonds is 2. The van der Waals surface area contributed by atoms with Gasteiger partial charge in [-0.2, -0.15) is 13.2 Å². The summed E-state index contributed by atoms with van der Waals surface area (Å²) in [4.78, 5) is 2.21. The molecule has 0 spiro atoms. The molecule has 1 rings (SSSR count).